The molecule has 0 saturated heterocycles. The first kappa shape index (κ1) is 14.6. The number of amides is 2. The maximum atomic E-state index is 12.2. The molecule has 0 fully saturated rings. The molecule has 1 aliphatic rings. The average molecular weight is 296 g/mol. The van der Waals surface area contributed by atoms with Gasteiger partial charge in [0.15, 0.2) is 20.2 Å². The first-order valence-corrected chi connectivity index (χ1v) is 7.15. The van der Waals surface area contributed by atoms with Crippen molar-refractivity contribution < 1.29 is 24.2 Å². The highest BCUT2D eigenvalue weighted by atomic mass is 31.2. The van der Waals surface area contributed by atoms with Crippen LogP contribution >= 0.6 is 8.38 Å². The number of hydrogen-bond acceptors (Lipinski definition) is 5. The van der Waals surface area contributed by atoms with Crippen LogP contribution < -0.4 is 10.6 Å². The highest BCUT2D eigenvalue weighted by Crippen LogP contribution is 2.28. The Bertz CT molecular complexity index is 575. The zero-order valence-corrected chi connectivity index (χ0v) is 11.4. The summed E-state index contributed by atoms with van der Waals surface area (Å²) in [5.41, 5.74) is 0.403. The van der Waals surface area contributed by atoms with Gasteiger partial charge in [0.1, 0.15) is 0 Å². The summed E-state index contributed by atoms with van der Waals surface area (Å²) < 4.78 is 0. The third-order valence-electron chi connectivity index (χ3n) is 2.93. The SMILES string of the molecule is CC(NC(=O)[C@H]1NC(=O)c2ccccc2C1=O)P(O)O. The first-order valence-electron chi connectivity index (χ1n) is 5.83. The highest BCUT2D eigenvalue weighted by molar-refractivity contribution is 7.45. The summed E-state index contributed by atoms with van der Waals surface area (Å²) in [5, 5.41) is 4.59. The standard InChI is InChI=1S/C12H13N2O5P/c1-6(20(18)19)13-12(17)9-10(15)7-4-2-3-5-8(7)11(16)14-9/h2-6,9,18-19H,1H3,(H,13,17)(H,14,16)/t6?,9-/m0/s1. The van der Waals surface area contributed by atoms with E-state index in [1.165, 1.54) is 19.1 Å². The van der Waals surface area contributed by atoms with E-state index in [9.17, 15) is 14.4 Å². The number of carbonyl (C=O) groups excluding carboxylic acids is 3. The predicted octanol–water partition coefficient (Wildman–Crippen LogP) is -0.260. The predicted molar refractivity (Wildman–Crippen MR) is 71.0 cm³/mol. The van der Waals surface area contributed by atoms with Gasteiger partial charge in [0.25, 0.3) is 11.8 Å². The minimum atomic E-state index is -2.35. The molecule has 1 heterocycles. The Morgan fingerprint density at radius 3 is 2.50 bits per heavy atom. The molecule has 1 aromatic rings. The molecule has 7 nitrogen and oxygen atoms in total. The normalized spacial score (nSPS) is 19.3. The molecule has 106 valence electrons. The molecular formula is C12H13N2O5P. The summed E-state index contributed by atoms with van der Waals surface area (Å²) in [6.45, 7) is 1.40. The van der Waals surface area contributed by atoms with Crippen molar-refractivity contribution in [1.29, 1.82) is 0 Å². The van der Waals surface area contributed by atoms with Gasteiger partial charge in [-0.25, -0.2) is 0 Å². The molecule has 1 aromatic carbocycles. The van der Waals surface area contributed by atoms with Gasteiger partial charge in [0.2, 0.25) is 0 Å². The van der Waals surface area contributed by atoms with Gasteiger partial charge in [-0.1, -0.05) is 18.2 Å². The zero-order chi connectivity index (χ0) is 14.9. The molecule has 0 aliphatic carbocycles. The van der Waals surface area contributed by atoms with E-state index in [0.717, 1.165) is 0 Å². The fourth-order valence-corrected chi connectivity index (χ4v) is 2.10. The second-order valence-corrected chi connectivity index (χ2v) is 5.74. The molecule has 1 unspecified atom stereocenters. The van der Waals surface area contributed by atoms with Crippen LogP contribution in [0.15, 0.2) is 24.3 Å². The number of rotatable bonds is 3. The lowest BCUT2D eigenvalue weighted by atomic mass is 9.93. The van der Waals surface area contributed by atoms with Crippen molar-refractivity contribution >= 4 is 26.0 Å². The van der Waals surface area contributed by atoms with Crippen LogP contribution in [0.4, 0.5) is 0 Å². The maximum Gasteiger partial charge on any atom is 0.253 e. The molecule has 1 aliphatic heterocycles. The molecule has 0 aromatic heterocycles. The number of benzene rings is 1. The van der Waals surface area contributed by atoms with Crippen LogP contribution in [0.25, 0.3) is 0 Å². The van der Waals surface area contributed by atoms with Gasteiger partial charge in [-0.05, 0) is 13.0 Å². The maximum absolute atomic E-state index is 12.2. The van der Waals surface area contributed by atoms with Crippen LogP contribution in [-0.4, -0.2) is 39.2 Å². The summed E-state index contributed by atoms with van der Waals surface area (Å²) in [6, 6.07) is 4.85. The lowest BCUT2D eigenvalue weighted by Gasteiger charge is -2.25. The monoisotopic (exact) mass is 296 g/mol. The van der Waals surface area contributed by atoms with E-state index in [1.54, 1.807) is 12.1 Å². The van der Waals surface area contributed by atoms with Crippen molar-refractivity contribution in [3.05, 3.63) is 35.4 Å². The average Bonchev–Trinajstić information content (AvgIpc) is 2.42. The largest absolute Gasteiger partial charge is 0.349 e. The molecule has 0 spiro atoms. The Balaban J connectivity index is 2.22. The highest BCUT2D eigenvalue weighted by Gasteiger charge is 2.37. The molecule has 8 heteroatoms. The van der Waals surface area contributed by atoms with E-state index in [2.05, 4.69) is 10.6 Å². The Morgan fingerprint density at radius 2 is 1.90 bits per heavy atom. The number of carbonyl (C=O) groups is 3. The molecule has 0 saturated carbocycles. The number of fused-ring (bicyclic) bond motifs is 1. The molecule has 2 amide bonds. The van der Waals surface area contributed by atoms with Crippen LogP contribution in [0.1, 0.15) is 27.6 Å². The summed E-state index contributed by atoms with van der Waals surface area (Å²) >= 11 is 0. The van der Waals surface area contributed by atoms with E-state index in [-0.39, 0.29) is 11.1 Å². The van der Waals surface area contributed by atoms with Gasteiger partial charge in [0.05, 0.1) is 11.3 Å². The molecule has 2 atom stereocenters. The lowest BCUT2D eigenvalue weighted by Crippen LogP contribution is -2.55. The summed E-state index contributed by atoms with van der Waals surface area (Å²) in [6.07, 6.45) is 0. The van der Waals surface area contributed by atoms with Crippen LogP contribution in [0, 0.1) is 0 Å². The Morgan fingerprint density at radius 1 is 1.30 bits per heavy atom. The Kier molecular flexibility index (Phi) is 4.13. The van der Waals surface area contributed by atoms with E-state index in [0.29, 0.717) is 0 Å². The lowest BCUT2D eigenvalue weighted by molar-refractivity contribution is -0.122. The van der Waals surface area contributed by atoms with Crippen LogP contribution in [-0.2, 0) is 4.79 Å². The van der Waals surface area contributed by atoms with Crippen LogP contribution in [0.3, 0.4) is 0 Å². The summed E-state index contributed by atoms with van der Waals surface area (Å²) in [5.74, 6) is -2.69. The van der Waals surface area contributed by atoms with Crippen LogP contribution in [0.2, 0.25) is 0 Å². The van der Waals surface area contributed by atoms with Crippen molar-refractivity contribution in [2.45, 2.75) is 18.7 Å². The van der Waals surface area contributed by atoms with Crippen molar-refractivity contribution in [3.63, 3.8) is 0 Å². The first-order chi connectivity index (χ1) is 9.41. The second-order valence-electron chi connectivity index (χ2n) is 4.32. The van der Waals surface area contributed by atoms with E-state index >= 15 is 0 Å². The van der Waals surface area contributed by atoms with Crippen molar-refractivity contribution in [2.24, 2.45) is 0 Å². The summed E-state index contributed by atoms with van der Waals surface area (Å²) in [4.78, 5) is 53.9. The molecule has 4 N–H and O–H groups in total. The van der Waals surface area contributed by atoms with Gasteiger partial charge in [-0.2, -0.15) is 0 Å². The number of nitrogens with one attached hydrogen (secondary N) is 2. The number of ketones is 1. The topological polar surface area (TPSA) is 116 Å². The van der Waals surface area contributed by atoms with E-state index in [4.69, 9.17) is 9.79 Å². The number of Topliss-reactive ketones (excluding diaryl/α,β-unsaturated/α-hetero) is 1. The second kappa shape index (κ2) is 5.66. The quantitative estimate of drug-likeness (QED) is 0.453. The van der Waals surface area contributed by atoms with Crippen molar-refractivity contribution in [1.82, 2.24) is 10.6 Å². The summed E-state index contributed by atoms with van der Waals surface area (Å²) in [7, 11) is -2.35. The molecular weight excluding hydrogens is 283 g/mol. The molecule has 0 bridgehead atoms. The minimum absolute atomic E-state index is 0.180. The van der Waals surface area contributed by atoms with Crippen molar-refractivity contribution in [2.75, 3.05) is 0 Å². The van der Waals surface area contributed by atoms with E-state index < -0.39 is 37.8 Å². The smallest absolute Gasteiger partial charge is 0.253 e. The van der Waals surface area contributed by atoms with E-state index in [1.807, 2.05) is 0 Å². The fourth-order valence-electron chi connectivity index (χ4n) is 1.86. The molecule has 0 radical (unpaired) electrons. The third-order valence-corrected chi connectivity index (χ3v) is 3.76. The van der Waals surface area contributed by atoms with Gasteiger partial charge >= 0.3 is 0 Å². The van der Waals surface area contributed by atoms with Crippen LogP contribution in [0.5, 0.6) is 0 Å². The zero-order valence-electron chi connectivity index (χ0n) is 10.5. The van der Waals surface area contributed by atoms with Gasteiger partial charge in [-0.15, -0.1) is 0 Å². The molecule has 20 heavy (non-hydrogen) atoms. The minimum Gasteiger partial charge on any atom is -0.349 e. The van der Waals surface area contributed by atoms with Gasteiger partial charge < -0.3 is 20.4 Å². The van der Waals surface area contributed by atoms with Gasteiger partial charge in [-0.3, -0.25) is 14.4 Å². The molecule has 2 rings (SSSR count). The third kappa shape index (κ3) is 2.70. The fraction of sp³-hybridized carbons (Fsp3) is 0.250. The number of hydrogen-bond donors (Lipinski definition) is 4. The Labute approximate surface area is 115 Å². The Hall–Kier alpha value is -1.82. The van der Waals surface area contributed by atoms with Gasteiger partial charge in [0, 0.05) is 5.56 Å². The van der Waals surface area contributed by atoms with Crippen molar-refractivity contribution in [3.8, 4) is 0 Å².